The molecule has 0 bridgehead atoms. The SMILES string of the molecule is c1ccc(N(c2ccc3c(c2)C2(c4ccccc4-3)c3ccccc3-c3ccc4ccccc4c32)c2ccc3c(c2)c2ccccc2n3-c2ccc(-c3ccc(N(c4ccc5c(c4)C4(c6ccccc6-5)c5ccccc5-c5ccc6ccccc6c54)c4cccc5c4sc4ccccc45)cc3)cc2)cc1. The van der Waals surface area contributed by atoms with E-state index < -0.39 is 10.8 Å². The number of anilines is 6. The zero-order chi connectivity index (χ0) is 67.9. The van der Waals surface area contributed by atoms with E-state index in [9.17, 15) is 0 Å². The summed E-state index contributed by atoms with van der Waals surface area (Å²) in [5.41, 5.74) is 32.4. The molecule has 2 spiro atoms. The Kier molecular flexibility index (Phi) is 12.0. The van der Waals surface area contributed by atoms with Gasteiger partial charge in [-0.1, -0.05) is 273 Å². The molecule has 482 valence electrons. The van der Waals surface area contributed by atoms with Crippen molar-refractivity contribution in [3.8, 4) is 61.3 Å². The lowest BCUT2D eigenvalue weighted by molar-refractivity contribution is 0.801. The van der Waals surface area contributed by atoms with Crippen molar-refractivity contribution in [3.63, 3.8) is 0 Å². The van der Waals surface area contributed by atoms with Crippen LogP contribution in [0.25, 0.3) is 125 Å². The standard InChI is InChI=1S/C100H61N3S/c1-2-23-66(24-3-1)101(70-51-56-78-74-27-8-14-34-86(74)99(90(78)60-70)88-36-16-10-29-76(88)82-54-45-64-21-4-6-25-72(64)96(82)99)69-53-58-93-85(59-69)80-31-12-18-38-92(80)103(93)68-49-43-63(44-50-68)62-41-47-67(48-42-62)102(94-39-20-33-84-81-32-13-19-40-95(81)104-98(84)94)71-52-57-79-75-28-9-15-35-87(75)100(91(79)61-71)89-37-17-11-30-77(89)83-55-46-65-22-5-7-26-73(65)97(83)100/h1-61H. The summed E-state index contributed by atoms with van der Waals surface area (Å²) in [6, 6.07) is 140. The van der Waals surface area contributed by atoms with E-state index in [2.05, 4.69) is 384 Å². The van der Waals surface area contributed by atoms with Crippen molar-refractivity contribution in [3.05, 3.63) is 415 Å². The van der Waals surface area contributed by atoms with Crippen LogP contribution in [0.3, 0.4) is 0 Å². The maximum Gasteiger partial charge on any atom is 0.0732 e. The third kappa shape index (κ3) is 7.74. The van der Waals surface area contributed by atoms with Crippen LogP contribution in [0, 0.1) is 0 Å². The van der Waals surface area contributed by atoms with Crippen molar-refractivity contribution in [1.82, 2.24) is 4.57 Å². The Balaban J connectivity index is 0.636. The van der Waals surface area contributed by atoms with Crippen LogP contribution in [-0.4, -0.2) is 4.57 Å². The fourth-order valence-corrected chi connectivity index (χ4v) is 20.6. The summed E-state index contributed by atoms with van der Waals surface area (Å²) in [7, 11) is 0. The van der Waals surface area contributed by atoms with E-state index in [0.717, 1.165) is 62.0 Å². The lowest BCUT2D eigenvalue weighted by Crippen LogP contribution is -2.26. The molecular weight excluding hydrogens is 1280 g/mol. The van der Waals surface area contributed by atoms with Crippen molar-refractivity contribution in [1.29, 1.82) is 0 Å². The van der Waals surface area contributed by atoms with E-state index in [1.54, 1.807) is 0 Å². The minimum atomic E-state index is -0.539. The van der Waals surface area contributed by atoms with Crippen LogP contribution in [0.1, 0.15) is 44.5 Å². The summed E-state index contributed by atoms with van der Waals surface area (Å²) in [5.74, 6) is 0. The van der Waals surface area contributed by atoms with E-state index >= 15 is 0 Å². The van der Waals surface area contributed by atoms with Gasteiger partial charge < -0.3 is 14.4 Å². The first kappa shape index (κ1) is 57.6. The smallest absolute Gasteiger partial charge is 0.0732 e. The third-order valence-corrected chi connectivity index (χ3v) is 24.8. The molecule has 0 fully saturated rings. The largest absolute Gasteiger partial charge is 0.310 e. The maximum atomic E-state index is 2.54. The van der Waals surface area contributed by atoms with E-state index in [1.165, 1.54) is 142 Å². The van der Waals surface area contributed by atoms with Crippen LogP contribution in [0.5, 0.6) is 0 Å². The predicted molar refractivity (Wildman–Crippen MR) is 436 cm³/mol. The number of rotatable bonds is 8. The average molecular weight is 1340 g/mol. The molecule has 19 aromatic rings. The Morgan fingerprint density at radius 2 is 0.654 bits per heavy atom. The lowest BCUT2D eigenvalue weighted by Gasteiger charge is -2.33. The summed E-state index contributed by atoms with van der Waals surface area (Å²) in [6.07, 6.45) is 0. The first-order valence-corrected chi connectivity index (χ1v) is 36.9. The topological polar surface area (TPSA) is 11.4 Å². The van der Waals surface area contributed by atoms with E-state index in [1.807, 2.05) is 11.3 Å². The molecule has 2 atom stereocenters. The van der Waals surface area contributed by atoms with Gasteiger partial charge in [-0.25, -0.2) is 0 Å². The van der Waals surface area contributed by atoms with Gasteiger partial charge in [0.2, 0.25) is 0 Å². The molecule has 0 saturated carbocycles. The molecular formula is C100H61N3S. The number of benzene rings is 17. The molecule has 0 saturated heterocycles. The molecule has 23 rings (SSSR count). The summed E-state index contributed by atoms with van der Waals surface area (Å²) in [4.78, 5) is 4.99. The van der Waals surface area contributed by atoms with Gasteiger partial charge in [0.1, 0.15) is 0 Å². The molecule has 3 nitrogen and oxygen atoms in total. The fourth-order valence-electron chi connectivity index (χ4n) is 19.4. The maximum absolute atomic E-state index is 2.54. The number of nitrogens with zero attached hydrogens (tertiary/aromatic N) is 3. The number of aromatic nitrogens is 1. The third-order valence-electron chi connectivity index (χ3n) is 23.6. The highest BCUT2D eigenvalue weighted by Crippen LogP contribution is 2.67. The Labute approximate surface area is 605 Å². The molecule has 2 heterocycles. The molecule has 17 aromatic carbocycles. The molecule has 0 aliphatic heterocycles. The number of thiophene rings is 1. The van der Waals surface area contributed by atoms with Gasteiger partial charge >= 0.3 is 0 Å². The zero-order valence-corrected chi connectivity index (χ0v) is 57.3. The molecule has 4 aliphatic carbocycles. The van der Waals surface area contributed by atoms with E-state index in [4.69, 9.17) is 0 Å². The average Bonchev–Trinajstić information content (AvgIpc) is 1.51. The Morgan fingerprint density at radius 1 is 0.240 bits per heavy atom. The highest BCUT2D eigenvalue weighted by Gasteiger charge is 2.54. The van der Waals surface area contributed by atoms with Crippen molar-refractivity contribution < 1.29 is 0 Å². The van der Waals surface area contributed by atoms with Crippen LogP contribution in [0.15, 0.2) is 370 Å². The number of para-hydroxylation sites is 2. The molecule has 4 aliphatic rings. The van der Waals surface area contributed by atoms with Gasteiger partial charge in [-0.15, -0.1) is 11.3 Å². The van der Waals surface area contributed by atoms with E-state index in [-0.39, 0.29) is 0 Å². The van der Waals surface area contributed by atoms with E-state index in [0.29, 0.717) is 0 Å². The van der Waals surface area contributed by atoms with Gasteiger partial charge in [0.25, 0.3) is 0 Å². The normalized spacial score (nSPS) is 15.4. The van der Waals surface area contributed by atoms with Gasteiger partial charge in [0, 0.05) is 60.4 Å². The monoisotopic (exact) mass is 1340 g/mol. The Bertz CT molecular complexity index is 6850. The highest BCUT2D eigenvalue weighted by molar-refractivity contribution is 7.26. The van der Waals surface area contributed by atoms with Crippen LogP contribution < -0.4 is 9.80 Å². The molecule has 0 N–H and O–H groups in total. The van der Waals surface area contributed by atoms with Gasteiger partial charge in [-0.05, 0) is 219 Å². The van der Waals surface area contributed by atoms with Gasteiger partial charge in [0.05, 0.1) is 32.3 Å². The molecule has 2 aromatic heterocycles. The second kappa shape index (κ2) is 21.7. The highest BCUT2D eigenvalue weighted by atomic mass is 32.1. The van der Waals surface area contributed by atoms with Crippen LogP contribution in [0.2, 0.25) is 0 Å². The molecule has 0 amide bonds. The van der Waals surface area contributed by atoms with Crippen molar-refractivity contribution >= 4 is 109 Å². The fraction of sp³-hybridized carbons (Fsp3) is 0.0200. The minimum Gasteiger partial charge on any atom is -0.310 e. The second-order valence-electron chi connectivity index (χ2n) is 28.5. The zero-order valence-electron chi connectivity index (χ0n) is 56.5. The lowest BCUT2D eigenvalue weighted by atomic mass is 9.69. The van der Waals surface area contributed by atoms with Gasteiger partial charge in [0.15, 0.2) is 0 Å². The van der Waals surface area contributed by atoms with Gasteiger partial charge in [-0.3, -0.25) is 0 Å². The quantitative estimate of drug-likeness (QED) is 0.150. The van der Waals surface area contributed by atoms with Crippen molar-refractivity contribution in [2.24, 2.45) is 0 Å². The Morgan fingerprint density at radius 3 is 1.25 bits per heavy atom. The number of hydrogen-bond acceptors (Lipinski definition) is 3. The first-order valence-electron chi connectivity index (χ1n) is 36.1. The number of fused-ring (bicyclic) bond motifs is 30. The molecule has 4 heteroatoms. The van der Waals surface area contributed by atoms with Crippen LogP contribution in [-0.2, 0) is 10.8 Å². The minimum absolute atomic E-state index is 0.526. The van der Waals surface area contributed by atoms with Crippen molar-refractivity contribution in [2.75, 3.05) is 9.80 Å². The second-order valence-corrected chi connectivity index (χ2v) is 29.5. The van der Waals surface area contributed by atoms with Crippen LogP contribution in [0.4, 0.5) is 34.1 Å². The van der Waals surface area contributed by atoms with Crippen LogP contribution >= 0.6 is 11.3 Å². The summed E-state index contributed by atoms with van der Waals surface area (Å²) in [6.45, 7) is 0. The summed E-state index contributed by atoms with van der Waals surface area (Å²) >= 11 is 1.88. The number of hydrogen-bond donors (Lipinski definition) is 0. The first-order chi connectivity index (χ1) is 51.6. The molecule has 104 heavy (non-hydrogen) atoms. The van der Waals surface area contributed by atoms with Gasteiger partial charge in [-0.2, -0.15) is 0 Å². The van der Waals surface area contributed by atoms with Crippen molar-refractivity contribution in [2.45, 2.75) is 10.8 Å². The summed E-state index contributed by atoms with van der Waals surface area (Å²) < 4.78 is 4.99. The summed E-state index contributed by atoms with van der Waals surface area (Å²) in [5, 5.41) is 10.1. The molecule has 2 unspecified atom stereocenters. The Hall–Kier alpha value is -13.1. The predicted octanol–water partition coefficient (Wildman–Crippen LogP) is 26.8. The molecule has 0 radical (unpaired) electrons.